The van der Waals surface area contributed by atoms with Crippen LogP contribution < -0.4 is 5.32 Å². The van der Waals surface area contributed by atoms with Crippen molar-refractivity contribution in [2.75, 3.05) is 18.8 Å². The second kappa shape index (κ2) is 9.38. The summed E-state index contributed by atoms with van der Waals surface area (Å²) in [6.07, 6.45) is 2.70. The van der Waals surface area contributed by atoms with Gasteiger partial charge in [-0.05, 0) is 49.6 Å². The van der Waals surface area contributed by atoms with Crippen LogP contribution in [0.1, 0.15) is 31.4 Å². The maximum absolute atomic E-state index is 13.5. The van der Waals surface area contributed by atoms with Crippen LogP contribution in [-0.2, 0) is 21.4 Å². The number of benzene rings is 2. The van der Waals surface area contributed by atoms with Gasteiger partial charge in [0.1, 0.15) is 5.82 Å². The van der Waals surface area contributed by atoms with Gasteiger partial charge >= 0.3 is 0 Å². The third-order valence-electron chi connectivity index (χ3n) is 6.08. The first-order valence-electron chi connectivity index (χ1n) is 10.8. The number of nitrogens with zero attached hydrogens (tertiary/aromatic N) is 3. The highest BCUT2D eigenvalue weighted by molar-refractivity contribution is 7.89. The van der Waals surface area contributed by atoms with Gasteiger partial charge in [0.25, 0.3) is 0 Å². The number of rotatable bonds is 7. The molecule has 0 aliphatic carbocycles. The maximum atomic E-state index is 13.5. The van der Waals surface area contributed by atoms with E-state index in [0.29, 0.717) is 32.5 Å². The summed E-state index contributed by atoms with van der Waals surface area (Å²) in [5.74, 6) is -0.649. The minimum Gasteiger partial charge on any atom is -0.347 e. The molecule has 0 saturated carbocycles. The van der Waals surface area contributed by atoms with Crippen LogP contribution >= 0.6 is 0 Å². The molecule has 0 bridgehead atoms. The maximum Gasteiger partial charge on any atom is 0.223 e. The Labute approximate surface area is 187 Å². The summed E-state index contributed by atoms with van der Waals surface area (Å²) in [6, 6.07) is 13.5. The van der Waals surface area contributed by atoms with Crippen molar-refractivity contribution in [2.45, 2.75) is 32.4 Å². The Hall–Kier alpha value is -2.78. The molecular weight excluding hydrogens is 431 g/mol. The van der Waals surface area contributed by atoms with Gasteiger partial charge in [-0.25, -0.2) is 22.1 Å². The van der Waals surface area contributed by atoms with E-state index in [-0.39, 0.29) is 29.4 Å². The molecule has 4 rings (SSSR count). The molecule has 3 aromatic rings. The van der Waals surface area contributed by atoms with Crippen LogP contribution in [0.25, 0.3) is 11.0 Å². The van der Waals surface area contributed by atoms with Crippen molar-refractivity contribution >= 4 is 27.0 Å². The molecule has 1 amide bonds. The number of amides is 1. The van der Waals surface area contributed by atoms with Crippen LogP contribution in [0.4, 0.5) is 4.39 Å². The van der Waals surface area contributed by atoms with Crippen molar-refractivity contribution < 1.29 is 17.6 Å². The van der Waals surface area contributed by atoms with Gasteiger partial charge in [0, 0.05) is 25.6 Å². The van der Waals surface area contributed by atoms with E-state index in [1.54, 1.807) is 25.4 Å². The zero-order chi connectivity index (χ0) is 22.7. The third-order valence-corrected chi connectivity index (χ3v) is 7.96. The summed E-state index contributed by atoms with van der Waals surface area (Å²) in [6.45, 7) is 2.77. The number of halogens is 1. The molecule has 7 nitrogen and oxygen atoms in total. The molecule has 1 fully saturated rings. The molecule has 9 heteroatoms. The SMILES string of the molecule is CCS(=O)(=O)N1CCC(C(=O)NC(Cn2cnc3ccccc32)c2ccc(F)cc2)CC1. The Morgan fingerprint density at radius 3 is 2.53 bits per heavy atom. The molecule has 0 radical (unpaired) electrons. The lowest BCUT2D eigenvalue weighted by Gasteiger charge is -2.31. The summed E-state index contributed by atoms with van der Waals surface area (Å²) >= 11 is 0. The highest BCUT2D eigenvalue weighted by atomic mass is 32.2. The zero-order valence-corrected chi connectivity index (χ0v) is 18.8. The largest absolute Gasteiger partial charge is 0.347 e. The number of imidazole rings is 1. The molecule has 170 valence electrons. The average Bonchev–Trinajstić information content (AvgIpc) is 3.22. The number of carbonyl (C=O) groups is 1. The molecule has 1 atom stereocenters. The number of fused-ring (bicyclic) bond motifs is 1. The van der Waals surface area contributed by atoms with E-state index in [9.17, 15) is 17.6 Å². The summed E-state index contributed by atoms with van der Waals surface area (Å²) in [5.41, 5.74) is 2.61. The fourth-order valence-electron chi connectivity index (χ4n) is 4.15. The number of aromatic nitrogens is 2. The van der Waals surface area contributed by atoms with E-state index < -0.39 is 10.0 Å². The quantitative estimate of drug-likeness (QED) is 0.590. The number of piperidine rings is 1. The Balaban J connectivity index is 1.51. The van der Waals surface area contributed by atoms with Crippen molar-refractivity contribution in [2.24, 2.45) is 5.92 Å². The van der Waals surface area contributed by atoms with Gasteiger partial charge in [0.2, 0.25) is 15.9 Å². The summed E-state index contributed by atoms with van der Waals surface area (Å²) < 4.78 is 41.1. The van der Waals surface area contributed by atoms with E-state index in [2.05, 4.69) is 10.3 Å². The molecular formula is C23H27FN4O3S. The molecule has 2 heterocycles. The Morgan fingerprint density at radius 1 is 1.16 bits per heavy atom. The second-order valence-corrected chi connectivity index (χ2v) is 10.3. The normalized spacial score (nSPS) is 16.8. The van der Waals surface area contributed by atoms with Crippen molar-refractivity contribution in [1.29, 1.82) is 0 Å². The molecule has 1 saturated heterocycles. The molecule has 1 N–H and O–H groups in total. The van der Waals surface area contributed by atoms with E-state index in [1.165, 1.54) is 16.4 Å². The van der Waals surface area contributed by atoms with E-state index >= 15 is 0 Å². The number of hydrogen-bond acceptors (Lipinski definition) is 4. The summed E-state index contributed by atoms with van der Waals surface area (Å²) in [4.78, 5) is 17.5. The first-order valence-corrected chi connectivity index (χ1v) is 12.4. The van der Waals surface area contributed by atoms with Gasteiger partial charge in [0.15, 0.2) is 0 Å². The monoisotopic (exact) mass is 458 g/mol. The molecule has 0 spiro atoms. The lowest BCUT2D eigenvalue weighted by molar-refractivity contribution is -0.127. The van der Waals surface area contributed by atoms with Crippen molar-refractivity contribution in [3.63, 3.8) is 0 Å². The van der Waals surface area contributed by atoms with Crippen LogP contribution in [-0.4, -0.2) is 47.0 Å². The van der Waals surface area contributed by atoms with E-state index in [1.807, 2.05) is 28.8 Å². The topological polar surface area (TPSA) is 84.3 Å². The number of carbonyl (C=O) groups excluding carboxylic acids is 1. The van der Waals surface area contributed by atoms with Gasteiger partial charge in [-0.15, -0.1) is 0 Å². The van der Waals surface area contributed by atoms with Gasteiger partial charge in [0.05, 0.1) is 29.2 Å². The van der Waals surface area contributed by atoms with Gasteiger partial charge < -0.3 is 9.88 Å². The lowest BCUT2D eigenvalue weighted by atomic mass is 9.96. The van der Waals surface area contributed by atoms with E-state index in [4.69, 9.17) is 0 Å². The predicted molar refractivity (Wildman–Crippen MR) is 121 cm³/mol. The highest BCUT2D eigenvalue weighted by Crippen LogP contribution is 2.24. The van der Waals surface area contributed by atoms with Crippen molar-refractivity contribution in [1.82, 2.24) is 19.2 Å². The van der Waals surface area contributed by atoms with Crippen molar-refractivity contribution in [3.05, 3.63) is 66.2 Å². The Kier molecular flexibility index (Phi) is 6.57. The minimum absolute atomic E-state index is 0.0648. The molecule has 1 aliphatic heterocycles. The number of para-hydroxylation sites is 2. The molecule has 1 unspecified atom stereocenters. The minimum atomic E-state index is -3.24. The Morgan fingerprint density at radius 2 is 1.84 bits per heavy atom. The fourth-order valence-corrected chi connectivity index (χ4v) is 5.28. The lowest BCUT2D eigenvalue weighted by Crippen LogP contribution is -2.44. The highest BCUT2D eigenvalue weighted by Gasteiger charge is 2.31. The Bertz CT molecular complexity index is 1190. The standard InChI is InChI=1S/C23H27FN4O3S/c1-2-32(30,31)28-13-11-18(12-14-28)23(29)26-21(17-7-9-19(24)10-8-17)15-27-16-25-20-5-3-4-6-22(20)27/h3-10,16,18,21H,2,11-15H2,1H3,(H,26,29). The van der Waals surface area contributed by atoms with Gasteiger partial charge in [-0.1, -0.05) is 24.3 Å². The molecule has 1 aromatic heterocycles. The second-order valence-electron chi connectivity index (χ2n) is 8.07. The number of sulfonamides is 1. The summed E-state index contributed by atoms with van der Waals surface area (Å²) in [5, 5.41) is 3.12. The molecule has 1 aliphatic rings. The average molecular weight is 459 g/mol. The van der Waals surface area contributed by atoms with Crippen LogP contribution in [0, 0.1) is 11.7 Å². The van der Waals surface area contributed by atoms with Crippen molar-refractivity contribution in [3.8, 4) is 0 Å². The zero-order valence-electron chi connectivity index (χ0n) is 17.9. The fraction of sp³-hybridized carbons (Fsp3) is 0.391. The number of hydrogen-bond donors (Lipinski definition) is 1. The van der Waals surface area contributed by atoms with Gasteiger partial charge in [-0.3, -0.25) is 4.79 Å². The van der Waals surface area contributed by atoms with Crippen LogP contribution in [0.15, 0.2) is 54.9 Å². The first kappa shape index (κ1) is 22.4. The van der Waals surface area contributed by atoms with Crippen LogP contribution in [0.2, 0.25) is 0 Å². The van der Waals surface area contributed by atoms with E-state index in [0.717, 1.165) is 16.6 Å². The van der Waals surface area contributed by atoms with Crippen LogP contribution in [0.3, 0.4) is 0 Å². The summed E-state index contributed by atoms with van der Waals surface area (Å²) in [7, 11) is -3.24. The van der Waals surface area contributed by atoms with Crippen LogP contribution in [0.5, 0.6) is 0 Å². The molecule has 2 aromatic carbocycles. The molecule has 32 heavy (non-hydrogen) atoms. The van der Waals surface area contributed by atoms with Gasteiger partial charge in [-0.2, -0.15) is 0 Å². The first-order chi connectivity index (χ1) is 15.4. The third kappa shape index (κ3) is 4.83. The predicted octanol–water partition coefficient (Wildman–Crippen LogP) is 3.09. The number of nitrogens with one attached hydrogen (secondary N) is 1. The smallest absolute Gasteiger partial charge is 0.223 e.